The molecule has 3 aromatic carbocycles. The van der Waals surface area contributed by atoms with E-state index in [0.29, 0.717) is 0 Å². The molecule has 0 aromatic heterocycles. The molecule has 152 valence electrons. The Kier molecular flexibility index (Phi) is 7.80. The van der Waals surface area contributed by atoms with Crippen LogP contribution in [0.1, 0.15) is 44.6 Å². The highest BCUT2D eigenvalue weighted by atomic mass is 19.3. The molecular formula is C26H28F2O. The minimum Gasteiger partial charge on any atom is -0.435 e. The van der Waals surface area contributed by atoms with Gasteiger partial charge in [-0.05, 0) is 52.8 Å². The molecule has 0 saturated heterocycles. The molecule has 0 aliphatic heterocycles. The SMILES string of the molecule is CCCCCCCc1ccc(-c2ccc(OC(F)F)cc2)c(-c2ccccc2)c1. The third-order valence-electron chi connectivity index (χ3n) is 5.13. The molecule has 0 aliphatic rings. The number of halogens is 2. The van der Waals surface area contributed by atoms with Gasteiger partial charge in [-0.1, -0.05) is 93.3 Å². The third-order valence-corrected chi connectivity index (χ3v) is 5.13. The number of benzene rings is 3. The van der Waals surface area contributed by atoms with Crippen LogP contribution in [-0.2, 0) is 6.42 Å². The van der Waals surface area contributed by atoms with Gasteiger partial charge in [-0.2, -0.15) is 8.78 Å². The van der Waals surface area contributed by atoms with E-state index >= 15 is 0 Å². The summed E-state index contributed by atoms with van der Waals surface area (Å²) in [5.41, 5.74) is 5.73. The van der Waals surface area contributed by atoms with E-state index in [2.05, 4.69) is 42.0 Å². The van der Waals surface area contributed by atoms with E-state index in [9.17, 15) is 8.78 Å². The van der Waals surface area contributed by atoms with Gasteiger partial charge in [0.1, 0.15) is 5.75 Å². The van der Waals surface area contributed by atoms with E-state index in [4.69, 9.17) is 0 Å². The summed E-state index contributed by atoms with van der Waals surface area (Å²) in [6.07, 6.45) is 7.40. The van der Waals surface area contributed by atoms with Crippen LogP contribution in [0.3, 0.4) is 0 Å². The molecule has 0 spiro atoms. The zero-order chi connectivity index (χ0) is 20.5. The van der Waals surface area contributed by atoms with Crippen molar-refractivity contribution in [1.29, 1.82) is 0 Å². The summed E-state index contributed by atoms with van der Waals surface area (Å²) in [6, 6.07) is 23.8. The molecule has 0 bridgehead atoms. The van der Waals surface area contributed by atoms with Crippen molar-refractivity contribution in [3.05, 3.63) is 78.4 Å². The third kappa shape index (κ3) is 6.15. The molecule has 0 aliphatic carbocycles. The second-order valence-electron chi connectivity index (χ2n) is 7.31. The van der Waals surface area contributed by atoms with Gasteiger partial charge < -0.3 is 4.74 Å². The van der Waals surface area contributed by atoms with Gasteiger partial charge in [-0.3, -0.25) is 0 Å². The van der Waals surface area contributed by atoms with Crippen LogP contribution in [0.5, 0.6) is 5.75 Å². The highest BCUT2D eigenvalue weighted by Crippen LogP contribution is 2.34. The van der Waals surface area contributed by atoms with Crippen molar-refractivity contribution < 1.29 is 13.5 Å². The molecule has 0 N–H and O–H groups in total. The Balaban J connectivity index is 1.86. The maximum Gasteiger partial charge on any atom is 0.387 e. The quantitative estimate of drug-likeness (QED) is 0.315. The zero-order valence-electron chi connectivity index (χ0n) is 16.9. The summed E-state index contributed by atoms with van der Waals surface area (Å²) in [5, 5.41) is 0. The van der Waals surface area contributed by atoms with Crippen molar-refractivity contribution in [2.45, 2.75) is 52.1 Å². The van der Waals surface area contributed by atoms with E-state index in [1.165, 1.54) is 43.2 Å². The highest BCUT2D eigenvalue weighted by Gasteiger charge is 2.10. The topological polar surface area (TPSA) is 9.23 Å². The summed E-state index contributed by atoms with van der Waals surface area (Å²) in [7, 11) is 0. The maximum absolute atomic E-state index is 12.4. The van der Waals surface area contributed by atoms with Gasteiger partial charge in [0.15, 0.2) is 0 Å². The highest BCUT2D eigenvalue weighted by molar-refractivity contribution is 5.84. The molecule has 3 rings (SSSR count). The molecule has 3 aromatic rings. The molecule has 0 heterocycles. The Morgan fingerprint density at radius 2 is 1.41 bits per heavy atom. The van der Waals surface area contributed by atoms with Crippen LogP contribution in [0.15, 0.2) is 72.8 Å². The number of ether oxygens (including phenoxy) is 1. The van der Waals surface area contributed by atoms with Crippen LogP contribution in [0.25, 0.3) is 22.3 Å². The standard InChI is InChI=1S/C26H28F2O/c1-2-3-4-5-7-10-20-13-18-24(25(19-20)21-11-8-6-9-12-21)22-14-16-23(17-15-22)29-26(27)28/h6,8-9,11-19,26H,2-5,7,10H2,1H3. The largest absolute Gasteiger partial charge is 0.435 e. The van der Waals surface area contributed by atoms with Gasteiger partial charge in [0.05, 0.1) is 0 Å². The number of rotatable bonds is 10. The van der Waals surface area contributed by atoms with Crippen LogP contribution < -0.4 is 4.74 Å². The number of alkyl halides is 2. The van der Waals surface area contributed by atoms with Gasteiger partial charge in [-0.25, -0.2) is 0 Å². The Labute approximate surface area is 172 Å². The van der Waals surface area contributed by atoms with Crippen molar-refractivity contribution in [1.82, 2.24) is 0 Å². The van der Waals surface area contributed by atoms with Gasteiger partial charge in [0.2, 0.25) is 0 Å². The van der Waals surface area contributed by atoms with E-state index in [0.717, 1.165) is 23.1 Å². The lowest BCUT2D eigenvalue weighted by molar-refractivity contribution is -0.0498. The van der Waals surface area contributed by atoms with Crippen molar-refractivity contribution >= 4 is 0 Å². The number of hydrogen-bond acceptors (Lipinski definition) is 1. The van der Waals surface area contributed by atoms with E-state index in [1.54, 1.807) is 12.1 Å². The average molecular weight is 395 g/mol. The van der Waals surface area contributed by atoms with Crippen LogP contribution >= 0.6 is 0 Å². The van der Waals surface area contributed by atoms with E-state index in [-0.39, 0.29) is 5.75 Å². The molecule has 3 heteroatoms. The van der Waals surface area contributed by atoms with Gasteiger partial charge >= 0.3 is 6.61 Å². The minimum atomic E-state index is -2.81. The molecule has 0 fully saturated rings. The summed E-state index contributed by atoms with van der Waals surface area (Å²) in [6.45, 7) is -0.575. The Morgan fingerprint density at radius 3 is 2.10 bits per heavy atom. The average Bonchev–Trinajstić information content (AvgIpc) is 2.74. The molecule has 1 nitrogen and oxygen atoms in total. The lowest BCUT2D eigenvalue weighted by atomic mass is 9.91. The molecule has 0 radical (unpaired) electrons. The lowest BCUT2D eigenvalue weighted by Gasteiger charge is -2.14. The fraction of sp³-hybridized carbons (Fsp3) is 0.308. The molecule has 0 amide bonds. The van der Waals surface area contributed by atoms with Gasteiger partial charge in [-0.15, -0.1) is 0 Å². The second-order valence-corrected chi connectivity index (χ2v) is 7.31. The van der Waals surface area contributed by atoms with Gasteiger partial charge in [0, 0.05) is 0 Å². The van der Waals surface area contributed by atoms with Gasteiger partial charge in [0.25, 0.3) is 0 Å². The summed E-state index contributed by atoms with van der Waals surface area (Å²) in [4.78, 5) is 0. The minimum absolute atomic E-state index is 0.175. The molecule has 0 atom stereocenters. The fourth-order valence-electron chi connectivity index (χ4n) is 3.60. The van der Waals surface area contributed by atoms with Crippen molar-refractivity contribution in [2.24, 2.45) is 0 Å². The summed E-state index contributed by atoms with van der Waals surface area (Å²) < 4.78 is 29.3. The normalized spacial score (nSPS) is 11.0. The Morgan fingerprint density at radius 1 is 0.724 bits per heavy atom. The predicted molar refractivity (Wildman–Crippen MR) is 116 cm³/mol. The van der Waals surface area contributed by atoms with Crippen LogP contribution in [0, 0.1) is 0 Å². The molecule has 0 saturated carbocycles. The number of hydrogen-bond donors (Lipinski definition) is 0. The summed E-state index contributed by atoms with van der Waals surface area (Å²) >= 11 is 0. The van der Waals surface area contributed by atoms with Crippen molar-refractivity contribution in [3.63, 3.8) is 0 Å². The van der Waals surface area contributed by atoms with E-state index in [1.807, 2.05) is 30.3 Å². The van der Waals surface area contributed by atoms with Crippen LogP contribution in [0.2, 0.25) is 0 Å². The first kappa shape index (κ1) is 21.0. The fourth-order valence-corrected chi connectivity index (χ4v) is 3.60. The number of unbranched alkanes of at least 4 members (excludes halogenated alkanes) is 4. The molecule has 29 heavy (non-hydrogen) atoms. The van der Waals surface area contributed by atoms with E-state index < -0.39 is 6.61 Å². The molecular weight excluding hydrogens is 366 g/mol. The van der Waals surface area contributed by atoms with Crippen LogP contribution in [-0.4, -0.2) is 6.61 Å². The second kappa shape index (κ2) is 10.8. The Hall–Kier alpha value is -2.68. The first-order valence-electron chi connectivity index (χ1n) is 10.4. The van der Waals surface area contributed by atoms with Crippen molar-refractivity contribution in [3.8, 4) is 28.0 Å². The van der Waals surface area contributed by atoms with Crippen molar-refractivity contribution in [2.75, 3.05) is 0 Å². The monoisotopic (exact) mass is 394 g/mol. The lowest BCUT2D eigenvalue weighted by Crippen LogP contribution is -2.01. The summed E-state index contributed by atoms with van der Waals surface area (Å²) in [5.74, 6) is 0.175. The molecule has 0 unspecified atom stereocenters. The zero-order valence-corrected chi connectivity index (χ0v) is 16.9. The predicted octanol–water partition coefficient (Wildman–Crippen LogP) is 8.13. The first-order valence-corrected chi connectivity index (χ1v) is 10.4. The maximum atomic E-state index is 12.4. The number of aryl methyl sites for hydroxylation is 1. The first-order chi connectivity index (χ1) is 14.2. The van der Waals surface area contributed by atoms with Crippen LogP contribution in [0.4, 0.5) is 8.78 Å². The Bertz CT molecular complexity index is 873. The smallest absolute Gasteiger partial charge is 0.387 e.